The number of rotatable bonds is 13. The Morgan fingerprint density at radius 1 is 0.789 bits per heavy atom. The molecule has 114 valence electrons. The van der Waals surface area contributed by atoms with Gasteiger partial charge >= 0.3 is 0 Å². The number of hydrogen-bond acceptors (Lipinski definition) is 5. The molecule has 1 aliphatic rings. The summed E-state index contributed by atoms with van der Waals surface area (Å²) < 4.78 is 21.0. The van der Waals surface area contributed by atoms with E-state index in [-0.39, 0.29) is 0 Å². The maximum absolute atomic E-state index is 5.49. The van der Waals surface area contributed by atoms with Crippen LogP contribution in [-0.2, 0) is 18.9 Å². The second kappa shape index (κ2) is 12.8. The fourth-order valence-electron chi connectivity index (χ4n) is 2.15. The van der Waals surface area contributed by atoms with Crippen LogP contribution in [-0.4, -0.2) is 65.9 Å². The van der Waals surface area contributed by atoms with Gasteiger partial charge in [0.2, 0.25) is 0 Å². The van der Waals surface area contributed by atoms with E-state index >= 15 is 0 Å². The third-order valence-electron chi connectivity index (χ3n) is 3.21. The van der Waals surface area contributed by atoms with Gasteiger partial charge in [-0.25, -0.2) is 0 Å². The van der Waals surface area contributed by atoms with Crippen molar-refractivity contribution in [2.45, 2.75) is 31.7 Å². The first-order valence-electron chi connectivity index (χ1n) is 7.39. The summed E-state index contributed by atoms with van der Waals surface area (Å²) in [4.78, 5) is 0. The van der Waals surface area contributed by atoms with Crippen LogP contribution in [0.4, 0.5) is 0 Å². The van der Waals surface area contributed by atoms with Gasteiger partial charge in [-0.3, -0.25) is 0 Å². The molecule has 5 nitrogen and oxygen atoms in total. The van der Waals surface area contributed by atoms with Gasteiger partial charge in [-0.15, -0.1) is 0 Å². The van der Waals surface area contributed by atoms with Gasteiger partial charge in [-0.2, -0.15) is 0 Å². The lowest BCUT2D eigenvalue weighted by molar-refractivity contribution is 0.00394. The summed E-state index contributed by atoms with van der Waals surface area (Å²) in [5.41, 5.74) is 0. The van der Waals surface area contributed by atoms with Crippen LogP contribution >= 0.6 is 0 Å². The van der Waals surface area contributed by atoms with E-state index in [1.165, 1.54) is 25.7 Å². The Morgan fingerprint density at radius 2 is 1.32 bits per heavy atom. The van der Waals surface area contributed by atoms with Gasteiger partial charge in [-0.05, 0) is 12.8 Å². The van der Waals surface area contributed by atoms with Gasteiger partial charge < -0.3 is 24.3 Å². The minimum atomic E-state index is 0.618. The summed E-state index contributed by atoms with van der Waals surface area (Å²) in [6.07, 6.45) is 5.40. The van der Waals surface area contributed by atoms with Crippen LogP contribution in [0.3, 0.4) is 0 Å². The standard InChI is InChI=1S/C14H29NO4/c1-16-8-9-18-12-13-19-11-10-17-7-6-15-14-4-2-3-5-14/h14-15H,2-13H2,1H3. The maximum atomic E-state index is 5.49. The number of hydrogen-bond donors (Lipinski definition) is 1. The van der Waals surface area contributed by atoms with Crippen molar-refractivity contribution in [1.29, 1.82) is 0 Å². The van der Waals surface area contributed by atoms with Gasteiger partial charge in [0, 0.05) is 19.7 Å². The summed E-state index contributed by atoms with van der Waals surface area (Å²) >= 11 is 0. The van der Waals surface area contributed by atoms with E-state index in [4.69, 9.17) is 18.9 Å². The van der Waals surface area contributed by atoms with Crippen molar-refractivity contribution in [1.82, 2.24) is 5.32 Å². The molecule has 0 aromatic rings. The van der Waals surface area contributed by atoms with E-state index < -0.39 is 0 Å². The monoisotopic (exact) mass is 275 g/mol. The minimum absolute atomic E-state index is 0.618. The molecule has 0 bridgehead atoms. The van der Waals surface area contributed by atoms with E-state index in [0.29, 0.717) is 39.6 Å². The molecule has 0 aromatic heterocycles. The van der Waals surface area contributed by atoms with Gasteiger partial charge in [-0.1, -0.05) is 12.8 Å². The van der Waals surface area contributed by atoms with Crippen LogP contribution in [0.1, 0.15) is 25.7 Å². The SMILES string of the molecule is COCCOCCOCCOCCNC1CCCC1. The van der Waals surface area contributed by atoms with Gasteiger partial charge in [0.05, 0.1) is 46.2 Å². The third-order valence-corrected chi connectivity index (χ3v) is 3.21. The van der Waals surface area contributed by atoms with E-state index in [1.54, 1.807) is 7.11 Å². The molecule has 1 rings (SSSR count). The largest absolute Gasteiger partial charge is 0.382 e. The van der Waals surface area contributed by atoms with Crippen molar-refractivity contribution in [2.24, 2.45) is 0 Å². The lowest BCUT2D eigenvalue weighted by Crippen LogP contribution is -2.29. The molecule has 0 unspecified atom stereocenters. The lowest BCUT2D eigenvalue weighted by atomic mass is 10.2. The van der Waals surface area contributed by atoms with Crippen LogP contribution in [0, 0.1) is 0 Å². The molecular weight excluding hydrogens is 246 g/mol. The smallest absolute Gasteiger partial charge is 0.0701 e. The quantitative estimate of drug-likeness (QED) is 0.512. The molecule has 0 radical (unpaired) electrons. The number of nitrogens with one attached hydrogen (secondary N) is 1. The molecule has 0 aliphatic heterocycles. The predicted octanol–water partition coefficient (Wildman–Crippen LogP) is 1.21. The van der Waals surface area contributed by atoms with Crippen LogP contribution in [0.25, 0.3) is 0 Å². The highest BCUT2D eigenvalue weighted by molar-refractivity contribution is 4.72. The molecule has 1 N–H and O–H groups in total. The van der Waals surface area contributed by atoms with E-state index in [9.17, 15) is 0 Å². The molecule has 19 heavy (non-hydrogen) atoms. The minimum Gasteiger partial charge on any atom is -0.382 e. The van der Waals surface area contributed by atoms with Crippen LogP contribution in [0.15, 0.2) is 0 Å². The first-order valence-corrected chi connectivity index (χ1v) is 7.39. The van der Waals surface area contributed by atoms with Crippen molar-refractivity contribution >= 4 is 0 Å². The summed E-state index contributed by atoms with van der Waals surface area (Å²) in [6.45, 7) is 5.51. The molecule has 0 spiro atoms. The van der Waals surface area contributed by atoms with Crippen molar-refractivity contribution in [3.05, 3.63) is 0 Å². The molecule has 0 amide bonds. The van der Waals surface area contributed by atoms with Gasteiger partial charge in [0.1, 0.15) is 0 Å². The Morgan fingerprint density at radius 3 is 1.89 bits per heavy atom. The summed E-state index contributed by atoms with van der Waals surface area (Å²) in [6, 6.07) is 0.726. The molecule has 0 aromatic carbocycles. The molecule has 0 heterocycles. The average molecular weight is 275 g/mol. The molecule has 0 saturated heterocycles. The van der Waals surface area contributed by atoms with E-state index in [0.717, 1.165) is 19.2 Å². The van der Waals surface area contributed by atoms with Crippen molar-refractivity contribution in [2.75, 3.05) is 59.9 Å². The van der Waals surface area contributed by atoms with Crippen LogP contribution in [0.2, 0.25) is 0 Å². The Balaban J connectivity index is 1.67. The first kappa shape index (κ1) is 16.9. The maximum Gasteiger partial charge on any atom is 0.0701 e. The molecule has 0 atom stereocenters. The Bertz CT molecular complexity index is 186. The Kier molecular flexibility index (Phi) is 11.4. The lowest BCUT2D eigenvalue weighted by Gasteiger charge is -2.11. The first-order chi connectivity index (χ1) is 9.43. The number of methoxy groups -OCH3 is 1. The normalized spacial score (nSPS) is 16.3. The van der Waals surface area contributed by atoms with Crippen LogP contribution in [0.5, 0.6) is 0 Å². The highest BCUT2D eigenvalue weighted by Gasteiger charge is 2.12. The Labute approximate surface area is 116 Å². The summed E-state index contributed by atoms with van der Waals surface area (Å²) in [7, 11) is 1.67. The van der Waals surface area contributed by atoms with Crippen molar-refractivity contribution in [3.8, 4) is 0 Å². The van der Waals surface area contributed by atoms with Gasteiger partial charge in [0.15, 0.2) is 0 Å². The zero-order chi connectivity index (χ0) is 13.6. The highest BCUT2D eigenvalue weighted by Crippen LogP contribution is 2.17. The second-order valence-corrected chi connectivity index (χ2v) is 4.77. The predicted molar refractivity (Wildman–Crippen MR) is 74.6 cm³/mol. The zero-order valence-corrected chi connectivity index (χ0v) is 12.2. The molecular formula is C14H29NO4. The van der Waals surface area contributed by atoms with Crippen LogP contribution < -0.4 is 5.32 Å². The fraction of sp³-hybridized carbons (Fsp3) is 1.00. The molecule has 1 fully saturated rings. The highest BCUT2D eigenvalue weighted by atomic mass is 16.6. The fourth-order valence-corrected chi connectivity index (χ4v) is 2.15. The molecule has 5 heteroatoms. The molecule has 1 saturated carbocycles. The average Bonchev–Trinajstić information content (AvgIpc) is 2.93. The van der Waals surface area contributed by atoms with Crippen molar-refractivity contribution < 1.29 is 18.9 Å². The summed E-state index contributed by atoms with van der Waals surface area (Å²) in [5, 5.41) is 3.51. The second-order valence-electron chi connectivity index (χ2n) is 4.77. The topological polar surface area (TPSA) is 49.0 Å². The third kappa shape index (κ3) is 10.3. The van der Waals surface area contributed by atoms with Gasteiger partial charge in [0.25, 0.3) is 0 Å². The Hall–Kier alpha value is -0.200. The van der Waals surface area contributed by atoms with Crippen molar-refractivity contribution in [3.63, 3.8) is 0 Å². The zero-order valence-electron chi connectivity index (χ0n) is 12.2. The van der Waals surface area contributed by atoms with E-state index in [2.05, 4.69) is 5.32 Å². The number of ether oxygens (including phenoxy) is 4. The molecule has 1 aliphatic carbocycles. The summed E-state index contributed by atoms with van der Waals surface area (Å²) in [5.74, 6) is 0. The van der Waals surface area contributed by atoms with E-state index in [1.807, 2.05) is 0 Å².